The van der Waals surface area contributed by atoms with E-state index in [9.17, 15) is 13.4 Å². The summed E-state index contributed by atoms with van der Waals surface area (Å²) in [4.78, 5) is 11.0. The molecule has 0 aliphatic carbocycles. The van der Waals surface area contributed by atoms with Crippen LogP contribution in [0.1, 0.15) is 28.4 Å². The first kappa shape index (κ1) is 15.4. The Labute approximate surface area is 116 Å². The molecule has 0 spiro atoms. The van der Waals surface area contributed by atoms with Gasteiger partial charge < -0.3 is 5.11 Å². The molecule has 0 heterocycles. The second-order valence-corrected chi connectivity index (χ2v) is 6.46. The molecule has 7 heteroatoms. The Morgan fingerprint density at radius 3 is 2.44 bits per heavy atom. The summed E-state index contributed by atoms with van der Waals surface area (Å²) < 4.78 is 22.8. The summed E-state index contributed by atoms with van der Waals surface area (Å²) in [6, 6.07) is 2.35. The van der Waals surface area contributed by atoms with Crippen LogP contribution in [0.15, 0.2) is 17.0 Å². The maximum atomic E-state index is 13.6. The van der Waals surface area contributed by atoms with Crippen LogP contribution in [0, 0.1) is 6.92 Å². The third-order valence-electron chi connectivity index (χ3n) is 2.43. The molecular weight excluding hydrogens is 302 g/mol. The van der Waals surface area contributed by atoms with Gasteiger partial charge >= 0.3 is 5.97 Å². The van der Waals surface area contributed by atoms with Crippen molar-refractivity contribution in [2.75, 3.05) is 5.75 Å². The molecule has 1 N–H and O–H groups in total. The zero-order valence-electron chi connectivity index (χ0n) is 9.67. The van der Waals surface area contributed by atoms with Gasteiger partial charge in [-0.15, -0.1) is 0 Å². The fourth-order valence-electron chi connectivity index (χ4n) is 1.58. The Bertz CT molecular complexity index is 512. The largest absolute Gasteiger partial charge is 0.478 e. The summed E-state index contributed by atoms with van der Waals surface area (Å²) in [5.74, 6) is -0.970. The molecule has 0 amide bonds. The van der Waals surface area contributed by atoms with E-state index in [2.05, 4.69) is 0 Å². The molecular formula is C11H11Cl2FO3S. The Hall–Kier alpha value is -0.650. The van der Waals surface area contributed by atoms with Gasteiger partial charge in [0.1, 0.15) is 0 Å². The van der Waals surface area contributed by atoms with E-state index in [4.69, 9.17) is 28.3 Å². The second kappa shape index (κ2) is 5.55. The van der Waals surface area contributed by atoms with Crippen LogP contribution in [0.5, 0.6) is 0 Å². The third-order valence-corrected chi connectivity index (χ3v) is 4.34. The molecule has 1 aromatic carbocycles. The van der Waals surface area contributed by atoms with Gasteiger partial charge in [0.25, 0.3) is 4.59 Å². The number of benzene rings is 1. The number of rotatable bonds is 4. The van der Waals surface area contributed by atoms with Gasteiger partial charge in [-0.1, -0.05) is 36.2 Å². The van der Waals surface area contributed by atoms with E-state index in [0.29, 0.717) is 0 Å². The van der Waals surface area contributed by atoms with Gasteiger partial charge in [-0.2, -0.15) is 0 Å². The van der Waals surface area contributed by atoms with E-state index in [1.807, 2.05) is 0 Å². The highest BCUT2D eigenvalue weighted by molar-refractivity contribution is 7.85. The highest BCUT2D eigenvalue weighted by atomic mass is 35.5. The standard InChI is InChI=1S/C11H11Cl2FO3S/c1-3-18(17)9-6(2)7(10(15)16)4-5-8(9)11(12,13)14/h4-5H,3H2,1-2H3,(H,15,16)/t18-/m1/s1. The van der Waals surface area contributed by atoms with Crippen molar-refractivity contribution in [3.63, 3.8) is 0 Å². The zero-order chi connectivity index (χ0) is 14.1. The van der Waals surface area contributed by atoms with Gasteiger partial charge in [-0.3, -0.25) is 4.21 Å². The number of carboxylic acids is 1. The number of hydrogen-bond donors (Lipinski definition) is 1. The fraction of sp³-hybridized carbons (Fsp3) is 0.364. The molecule has 0 radical (unpaired) electrons. The third kappa shape index (κ3) is 3.02. The maximum Gasteiger partial charge on any atom is 0.335 e. The molecule has 0 saturated carbocycles. The number of alkyl halides is 3. The lowest BCUT2D eigenvalue weighted by molar-refractivity contribution is 0.0695. The van der Waals surface area contributed by atoms with Crippen molar-refractivity contribution in [1.82, 2.24) is 0 Å². The first-order chi connectivity index (χ1) is 8.20. The van der Waals surface area contributed by atoms with Gasteiger partial charge in [-0.05, 0) is 18.6 Å². The van der Waals surface area contributed by atoms with Crippen LogP contribution in [-0.4, -0.2) is 21.0 Å². The molecule has 1 rings (SSSR count). The molecule has 18 heavy (non-hydrogen) atoms. The van der Waals surface area contributed by atoms with Gasteiger partial charge in [-0.25, -0.2) is 9.18 Å². The first-order valence-corrected chi connectivity index (χ1v) is 7.10. The van der Waals surface area contributed by atoms with Crippen LogP contribution in [0.4, 0.5) is 4.39 Å². The van der Waals surface area contributed by atoms with Gasteiger partial charge in [0.05, 0.1) is 21.3 Å². The Morgan fingerprint density at radius 1 is 1.50 bits per heavy atom. The Kier molecular flexibility index (Phi) is 4.75. The Morgan fingerprint density at radius 2 is 2.06 bits per heavy atom. The van der Waals surface area contributed by atoms with Crippen LogP contribution in [0.25, 0.3) is 0 Å². The minimum Gasteiger partial charge on any atom is -0.478 e. The molecule has 1 atom stereocenters. The van der Waals surface area contributed by atoms with Crippen molar-refractivity contribution >= 4 is 40.0 Å². The monoisotopic (exact) mass is 312 g/mol. The quantitative estimate of drug-likeness (QED) is 0.867. The summed E-state index contributed by atoms with van der Waals surface area (Å²) in [5.41, 5.74) is -0.00911. The topological polar surface area (TPSA) is 54.4 Å². The van der Waals surface area contributed by atoms with Gasteiger partial charge in [0.15, 0.2) is 0 Å². The SMILES string of the molecule is CC[S@@](=O)c1c(C(F)(Cl)Cl)ccc(C(=O)O)c1C. The Balaban J connectivity index is 3.62. The van der Waals surface area contributed by atoms with E-state index < -0.39 is 21.4 Å². The van der Waals surface area contributed by atoms with E-state index in [1.54, 1.807) is 6.92 Å². The molecule has 0 bridgehead atoms. The summed E-state index contributed by atoms with van der Waals surface area (Å²) in [5, 5.41) is 8.98. The summed E-state index contributed by atoms with van der Waals surface area (Å²) in [6.45, 7) is 3.09. The molecule has 0 unspecified atom stereocenters. The maximum absolute atomic E-state index is 13.6. The number of hydrogen-bond acceptors (Lipinski definition) is 2. The highest BCUT2D eigenvalue weighted by Gasteiger charge is 2.32. The predicted molar refractivity (Wildman–Crippen MR) is 69.6 cm³/mol. The average molecular weight is 313 g/mol. The molecule has 0 fully saturated rings. The van der Waals surface area contributed by atoms with E-state index in [1.165, 1.54) is 13.0 Å². The summed E-state index contributed by atoms with van der Waals surface area (Å²) in [7, 11) is -1.56. The van der Waals surface area contributed by atoms with Crippen LogP contribution in [0.3, 0.4) is 0 Å². The normalized spacial score (nSPS) is 13.4. The lowest BCUT2D eigenvalue weighted by atomic mass is 10.1. The van der Waals surface area contributed by atoms with Crippen molar-refractivity contribution in [1.29, 1.82) is 0 Å². The van der Waals surface area contributed by atoms with Crippen molar-refractivity contribution in [3.05, 3.63) is 28.8 Å². The minimum atomic E-state index is -2.71. The summed E-state index contributed by atoms with van der Waals surface area (Å²) >= 11 is 10.8. The van der Waals surface area contributed by atoms with E-state index in [-0.39, 0.29) is 27.3 Å². The van der Waals surface area contributed by atoms with Crippen LogP contribution >= 0.6 is 23.2 Å². The first-order valence-electron chi connectivity index (χ1n) is 5.02. The molecule has 0 aromatic heterocycles. The highest BCUT2D eigenvalue weighted by Crippen LogP contribution is 2.40. The minimum absolute atomic E-state index is 0.0462. The van der Waals surface area contributed by atoms with Crippen molar-refractivity contribution < 1.29 is 18.5 Å². The molecule has 0 aliphatic heterocycles. The van der Waals surface area contributed by atoms with Crippen molar-refractivity contribution in [2.45, 2.75) is 23.3 Å². The predicted octanol–water partition coefficient (Wildman–Crippen LogP) is 3.38. The molecule has 1 aromatic rings. The van der Waals surface area contributed by atoms with Crippen LogP contribution in [-0.2, 0) is 15.4 Å². The summed E-state index contributed by atoms with van der Waals surface area (Å²) in [6.07, 6.45) is 0. The zero-order valence-corrected chi connectivity index (χ0v) is 12.0. The lowest BCUT2D eigenvalue weighted by Gasteiger charge is -2.17. The number of halogens is 3. The fourth-order valence-corrected chi connectivity index (χ4v) is 3.21. The van der Waals surface area contributed by atoms with E-state index >= 15 is 0 Å². The number of aromatic carboxylic acids is 1. The smallest absolute Gasteiger partial charge is 0.335 e. The molecule has 0 aliphatic rings. The number of carboxylic acid groups (broad SMARTS) is 1. The van der Waals surface area contributed by atoms with Crippen LogP contribution < -0.4 is 0 Å². The second-order valence-electron chi connectivity index (χ2n) is 3.55. The van der Waals surface area contributed by atoms with E-state index in [0.717, 1.165) is 6.07 Å². The lowest BCUT2D eigenvalue weighted by Crippen LogP contribution is -2.13. The van der Waals surface area contributed by atoms with Crippen molar-refractivity contribution in [3.8, 4) is 0 Å². The molecule has 0 saturated heterocycles. The number of carbonyl (C=O) groups is 1. The van der Waals surface area contributed by atoms with Crippen molar-refractivity contribution in [2.24, 2.45) is 0 Å². The van der Waals surface area contributed by atoms with Crippen LogP contribution in [0.2, 0.25) is 0 Å². The average Bonchev–Trinajstić information content (AvgIpc) is 2.25. The van der Waals surface area contributed by atoms with Gasteiger partial charge in [0.2, 0.25) is 0 Å². The molecule has 100 valence electrons. The van der Waals surface area contributed by atoms with Gasteiger partial charge in [0, 0.05) is 11.3 Å². The molecule has 3 nitrogen and oxygen atoms in total.